The molecule has 1 aliphatic rings. The fourth-order valence-corrected chi connectivity index (χ4v) is 4.84. The first-order valence-electron chi connectivity index (χ1n) is 11.4. The Balaban J connectivity index is 1.50. The molecule has 1 heterocycles. The molecule has 0 spiro atoms. The molecule has 5 rings (SSSR count). The number of carbonyl (C=O) groups is 1. The Hall–Kier alpha value is -3.30. The first-order valence-corrected chi connectivity index (χ1v) is 11.4. The maximum atomic E-state index is 12.7. The topological polar surface area (TPSA) is 50.2 Å². The molecule has 3 aromatic carbocycles. The molecular weight excluding hydrogens is 394 g/mol. The van der Waals surface area contributed by atoms with E-state index in [1.807, 2.05) is 48.5 Å². The molecule has 0 saturated heterocycles. The number of aliphatic hydroxyl groups is 1. The highest BCUT2D eigenvalue weighted by Crippen LogP contribution is 2.34. The Kier molecular flexibility index (Phi) is 5.83. The van der Waals surface area contributed by atoms with E-state index < -0.39 is 0 Å². The number of aromatic nitrogens is 1. The Bertz CT molecular complexity index is 1230. The number of hydrogen-bond donors (Lipinski definition) is 1. The number of rotatable bonds is 6. The quantitative estimate of drug-likeness (QED) is 0.401. The Morgan fingerprint density at radius 3 is 2.28 bits per heavy atom. The number of nitrogens with zero attached hydrogens (tertiary/aromatic N) is 1. The van der Waals surface area contributed by atoms with Crippen LogP contribution in [0.4, 0.5) is 0 Å². The number of aliphatic hydroxyl groups excluding tert-OH is 1. The standard InChI is InChI=1S/C29H27NO2/c31-25(18-23-12-7-13-28(23)32)17-20-14-15-27-24(16-20)19-26(21-8-3-1-4-9-21)29(30-27)22-10-5-2-6-11-22/h1-6,8-11,14-16,19,23,28,32H,7,12-13,17-18H2. The third kappa shape index (κ3) is 4.35. The highest BCUT2D eigenvalue weighted by molar-refractivity contribution is 5.92. The fourth-order valence-electron chi connectivity index (χ4n) is 4.84. The van der Waals surface area contributed by atoms with Gasteiger partial charge in [-0.25, -0.2) is 4.98 Å². The van der Waals surface area contributed by atoms with Gasteiger partial charge in [-0.2, -0.15) is 0 Å². The van der Waals surface area contributed by atoms with Crippen LogP contribution in [0.2, 0.25) is 0 Å². The second kappa shape index (κ2) is 9.05. The van der Waals surface area contributed by atoms with E-state index in [1.54, 1.807) is 0 Å². The van der Waals surface area contributed by atoms with Gasteiger partial charge in [0.2, 0.25) is 0 Å². The van der Waals surface area contributed by atoms with Gasteiger partial charge in [0, 0.05) is 29.4 Å². The van der Waals surface area contributed by atoms with E-state index in [2.05, 4.69) is 36.4 Å². The maximum Gasteiger partial charge on any atom is 0.137 e. The summed E-state index contributed by atoms with van der Waals surface area (Å²) < 4.78 is 0. The lowest BCUT2D eigenvalue weighted by atomic mass is 9.94. The molecule has 2 atom stereocenters. The van der Waals surface area contributed by atoms with Crippen molar-refractivity contribution in [1.29, 1.82) is 0 Å². The Labute approximate surface area is 188 Å². The number of ketones is 1. The minimum atomic E-state index is -0.315. The van der Waals surface area contributed by atoms with Gasteiger partial charge in [0.05, 0.1) is 17.3 Å². The number of Topliss-reactive ketones (excluding diaryl/α,β-unsaturated/α-hetero) is 1. The van der Waals surface area contributed by atoms with Crippen LogP contribution in [0.1, 0.15) is 31.2 Å². The number of benzene rings is 3. The molecule has 3 heteroatoms. The van der Waals surface area contributed by atoms with Gasteiger partial charge in [0.25, 0.3) is 0 Å². The van der Waals surface area contributed by atoms with E-state index in [0.717, 1.165) is 58.1 Å². The lowest BCUT2D eigenvalue weighted by Crippen LogP contribution is -2.18. The van der Waals surface area contributed by atoms with E-state index in [9.17, 15) is 9.90 Å². The average molecular weight is 422 g/mol. The third-order valence-corrected chi connectivity index (χ3v) is 6.52. The van der Waals surface area contributed by atoms with Gasteiger partial charge in [0.15, 0.2) is 0 Å². The zero-order chi connectivity index (χ0) is 21.9. The second-order valence-corrected chi connectivity index (χ2v) is 8.82. The molecule has 0 bridgehead atoms. The molecule has 32 heavy (non-hydrogen) atoms. The lowest BCUT2D eigenvalue weighted by Gasteiger charge is -2.14. The molecule has 1 aromatic heterocycles. The number of carbonyl (C=O) groups excluding carboxylic acids is 1. The SMILES string of the molecule is O=C(Cc1ccc2nc(-c3ccccc3)c(-c3ccccc3)cc2c1)CC1CCCC1O. The van der Waals surface area contributed by atoms with Gasteiger partial charge in [-0.3, -0.25) is 4.79 Å². The van der Waals surface area contributed by atoms with Gasteiger partial charge < -0.3 is 5.11 Å². The van der Waals surface area contributed by atoms with Crippen LogP contribution < -0.4 is 0 Å². The van der Waals surface area contributed by atoms with E-state index in [-0.39, 0.29) is 17.8 Å². The van der Waals surface area contributed by atoms with E-state index >= 15 is 0 Å². The summed E-state index contributed by atoms with van der Waals surface area (Å²) in [5.74, 6) is 0.329. The predicted molar refractivity (Wildman–Crippen MR) is 129 cm³/mol. The van der Waals surface area contributed by atoms with Crippen LogP contribution in [0.25, 0.3) is 33.3 Å². The van der Waals surface area contributed by atoms with E-state index in [0.29, 0.717) is 12.8 Å². The first kappa shape index (κ1) is 20.6. The first-order chi connectivity index (χ1) is 15.7. The molecule has 0 amide bonds. The van der Waals surface area contributed by atoms with Crippen molar-refractivity contribution in [3.05, 3.63) is 90.5 Å². The molecule has 1 fully saturated rings. The number of fused-ring (bicyclic) bond motifs is 1. The monoisotopic (exact) mass is 421 g/mol. The van der Waals surface area contributed by atoms with Gasteiger partial charge >= 0.3 is 0 Å². The molecule has 0 radical (unpaired) electrons. The van der Waals surface area contributed by atoms with E-state index in [1.165, 1.54) is 0 Å². The van der Waals surface area contributed by atoms with Crippen molar-refractivity contribution >= 4 is 16.7 Å². The van der Waals surface area contributed by atoms with Gasteiger partial charge in [-0.1, -0.05) is 73.2 Å². The zero-order valence-electron chi connectivity index (χ0n) is 18.1. The molecule has 160 valence electrons. The van der Waals surface area contributed by atoms with Crippen LogP contribution in [-0.4, -0.2) is 22.0 Å². The molecule has 0 aliphatic heterocycles. The summed E-state index contributed by atoms with van der Waals surface area (Å²) in [6.45, 7) is 0. The molecule has 1 N–H and O–H groups in total. The van der Waals surface area contributed by atoms with Crippen LogP contribution in [0.5, 0.6) is 0 Å². The largest absolute Gasteiger partial charge is 0.393 e. The minimum Gasteiger partial charge on any atom is -0.393 e. The second-order valence-electron chi connectivity index (χ2n) is 8.82. The molecular formula is C29H27NO2. The molecule has 3 nitrogen and oxygen atoms in total. The van der Waals surface area contributed by atoms with E-state index in [4.69, 9.17) is 4.98 Å². The molecule has 1 aliphatic carbocycles. The summed E-state index contributed by atoms with van der Waals surface area (Å²) in [4.78, 5) is 17.7. The highest BCUT2D eigenvalue weighted by atomic mass is 16.3. The third-order valence-electron chi connectivity index (χ3n) is 6.52. The van der Waals surface area contributed by atoms with Crippen molar-refractivity contribution < 1.29 is 9.90 Å². The van der Waals surface area contributed by atoms with Crippen molar-refractivity contribution in [2.45, 2.75) is 38.2 Å². The number of pyridine rings is 1. The Morgan fingerprint density at radius 2 is 1.59 bits per heavy atom. The summed E-state index contributed by atoms with van der Waals surface area (Å²) in [5.41, 5.74) is 6.18. The summed E-state index contributed by atoms with van der Waals surface area (Å²) in [7, 11) is 0. The van der Waals surface area contributed by atoms with Gasteiger partial charge in [-0.15, -0.1) is 0 Å². The molecule has 4 aromatic rings. The van der Waals surface area contributed by atoms with Crippen LogP contribution in [0.3, 0.4) is 0 Å². The van der Waals surface area contributed by atoms with Gasteiger partial charge in [0.1, 0.15) is 5.78 Å². The maximum absolute atomic E-state index is 12.7. The fraction of sp³-hybridized carbons (Fsp3) is 0.241. The predicted octanol–water partition coefficient (Wildman–Crippen LogP) is 6.23. The zero-order valence-corrected chi connectivity index (χ0v) is 18.1. The van der Waals surface area contributed by atoms with Crippen molar-refractivity contribution in [1.82, 2.24) is 4.98 Å². The highest BCUT2D eigenvalue weighted by Gasteiger charge is 2.27. The smallest absolute Gasteiger partial charge is 0.137 e. The molecule has 1 saturated carbocycles. The number of hydrogen-bond acceptors (Lipinski definition) is 3. The summed E-state index contributed by atoms with van der Waals surface area (Å²) >= 11 is 0. The average Bonchev–Trinajstić information content (AvgIpc) is 3.23. The van der Waals surface area contributed by atoms with Crippen LogP contribution >= 0.6 is 0 Å². The van der Waals surface area contributed by atoms with Crippen molar-refractivity contribution in [2.24, 2.45) is 5.92 Å². The van der Waals surface area contributed by atoms with Crippen LogP contribution in [-0.2, 0) is 11.2 Å². The minimum absolute atomic E-state index is 0.128. The van der Waals surface area contributed by atoms with Crippen molar-refractivity contribution in [3.63, 3.8) is 0 Å². The van der Waals surface area contributed by atoms with Crippen molar-refractivity contribution in [3.8, 4) is 22.4 Å². The Morgan fingerprint density at radius 1 is 0.875 bits per heavy atom. The van der Waals surface area contributed by atoms with Gasteiger partial charge in [-0.05, 0) is 48.1 Å². The molecule has 2 unspecified atom stereocenters. The lowest BCUT2D eigenvalue weighted by molar-refractivity contribution is -0.120. The van der Waals surface area contributed by atoms with Crippen LogP contribution in [0, 0.1) is 5.92 Å². The summed E-state index contributed by atoms with van der Waals surface area (Å²) in [6.07, 6.45) is 3.36. The summed E-state index contributed by atoms with van der Waals surface area (Å²) in [6, 6.07) is 28.9. The van der Waals surface area contributed by atoms with Crippen LogP contribution in [0.15, 0.2) is 84.9 Å². The summed E-state index contributed by atoms with van der Waals surface area (Å²) in [5, 5.41) is 11.1. The normalized spacial score (nSPS) is 18.2. The van der Waals surface area contributed by atoms with Crippen molar-refractivity contribution in [2.75, 3.05) is 0 Å².